The van der Waals surface area contributed by atoms with Crippen LogP contribution in [0.3, 0.4) is 0 Å². The molecule has 3 rings (SSSR count). The summed E-state index contributed by atoms with van der Waals surface area (Å²) >= 11 is 13.2. The number of aromatic nitrogens is 2. The molecule has 0 aromatic carbocycles. The molecule has 1 amide bonds. The third kappa shape index (κ3) is 4.36. The van der Waals surface area contributed by atoms with Crippen molar-refractivity contribution in [2.24, 2.45) is 0 Å². The molecule has 2 aromatic rings. The first-order valence-electron chi connectivity index (χ1n) is 8.72. The molecule has 158 valence electrons. The first-order chi connectivity index (χ1) is 13.8. The predicted octanol–water partition coefficient (Wildman–Crippen LogP) is 2.30. The molecule has 0 spiro atoms. The van der Waals surface area contributed by atoms with Gasteiger partial charge in [0.1, 0.15) is 10.6 Å². The minimum Gasteiger partial charge on any atom is -0.477 e. The van der Waals surface area contributed by atoms with Crippen LogP contribution in [0, 0.1) is 6.92 Å². The Morgan fingerprint density at radius 3 is 2.66 bits per heavy atom. The molecule has 1 saturated heterocycles. The molecule has 2 unspecified atom stereocenters. The van der Waals surface area contributed by atoms with Crippen molar-refractivity contribution in [3.05, 3.63) is 32.0 Å². The molecular weight excluding hydrogens is 443 g/mol. The van der Waals surface area contributed by atoms with Gasteiger partial charge in [-0.1, -0.05) is 34.5 Å². The number of methoxy groups -OCH3 is 1. The number of amides is 1. The predicted molar refractivity (Wildman–Crippen MR) is 109 cm³/mol. The van der Waals surface area contributed by atoms with Crippen LogP contribution in [0.1, 0.15) is 38.0 Å². The van der Waals surface area contributed by atoms with Crippen molar-refractivity contribution in [1.82, 2.24) is 15.3 Å². The fraction of sp³-hybridized carbons (Fsp3) is 0.471. The van der Waals surface area contributed by atoms with Crippen LogP contribution < -0.4 is 10.2 Å². The highest BCUT2D eigenvalue weighted by molar-refractivity contribution is 7.17. The smallest absolute Gasteiger partial charge is 0.347 e. The summed E-state index contributed by atoms with van der Waals surface area (Å²) in [6.45, 7) is 2.20. The number of carboxylic acids is 1. The molecule has 29 heavy (non-hydrogen) atoms. The minimum absolute atomic E-state index is 0.0144. The first-order valence-corrected chi connectivity index (χ1v) is 10.3. The van der Waals surface area contributed by atoms with Gasteiger partial charge in [0.2, 0.25) is 0 Å². The van der Waals surface area contributed by atoms with Crippen molar-refractivity contribution in [1.29, 1.82) is 0 Å². The summed E-state index contributed by atoms with van der Waals surface area (Å²) < 4.78 is 5.55. The van der Waals surface area contributed by atoms with Crippen LogP contribution in [0.4, 0.5) is 5.13 Å². The topological polar surface area (TPSA) is 128 Å². The summed E-state index contributed by atoms with van der Waals surface area (Å²) in [7, 11) is 1.54. The molecule has 0 aliphatic carbocycles. The Hall–Kier alpha value is -1.85. The van der Waals surface area contributed by atoms with E-state index in [9.17, 15) is 19.8 Å². The largest absolute Gasteiger partial charge is 0.477 e. The number of H-pyrrole nitrogens is 1. The van der Waals surface area contributed by atoms with Gasteiger partial charge in [0, 0.05) is 25.9 Å². The molecular formula is C17H20Cl2N4O5S. The molecule has 0 bridgehead atoms. The molecule has 0 radical (unpaired) electrons. The van der Waals surface area contributed by atoms with Crippen molar-refractivity contribution >= 4 is 51.5 Å². The summed E-state index contributed by atoms with van der Waals surface area (Å²) in [5.41, 5.74) is 0.943. The third-order valence-electron chi connectivity index (χ3n) is 4.76. The Morgan fingerprint density at radius 1 is 1.41 bits per heavy atom. The summed E-state index contributed by atoms with van der Waals surface area (Å²) in [6, 6.07) is -0.279. The Kier molecular flexibility index (Phi) is 6.69. The number of aromatic carboxylic acids is 1. The number of hydrogen-bond acceptors (Lipinski definition) is 7. The van der Waals surface area contributed by atoms with Crippen LogP contribution in [0.25, 0.3) is 0 Å². The van der Waals surface area contributed by atoms with Crippen LogP contribution in [-0.2, 0) is 11.3 Å². The van der Waals surface area contributed by atoms with E-state index in [0.717, 1.165) is 11.3 Å². The van der Waals surface area contributed by atoms with Crippen LogP contribution in [0.5, 0.6) is 0 Å². The lowest BCUT2D eigenvalue weighted by molar-refractivity contribution is 0.0540. The van der Waals surface area contributed by atoms with Gasteiger partial charge in [0.05, 0.1) is 34.5 Å². The highest BCUT2D eigenvalue weighted by Crippen LogP contribution is 2.31. The highest BCUT2D eigenvalue weighted by Gasteiger charge is 2.33. The summed E-state index contributed by atoms with van der Waals surface area (Å²) in [5, 5.41) is 22.5. The molecule has 2 aromatic heterocycles. The molecule has 1 aliphatic rings. The number of aliphatic hydroxyl groups is 1. The zero-order chi connectivity index (χ0) is 21.3. The number of thiazole rings is 1. The van der Waals surface area contributed by atoms with Crippen LogP contribution in [0.15, 0.2) is 0 Å². The lowest BCUT2D eigenvalue weighted by Crippen LogP contribution is -2.55. The number of carbonyl (C=O) groups is 2. The standard InChI is InChI=1S/C17H20Cl2N4O5S/c1-7-11(18)12(19)13(20-7)15(25)21-8-3-4-23(5-10(8)28-2)17-22-9(6-24)14(29-17)16(26)27/h8,10,20,24H,3-6H2,1-2H3,(H,21,25)(H,26,27). The number of nitrogens with one attached hydrogen (secondary N) is 2. The van der Waals surface area contributed by atoms with E-state index >= 15 is 0 Å². The maximum Gasteiger partial charge on any atom is 0.347 e. The lowest BCUT2D eigenvalue weighted by Gasteiger charge is -2.37. The molecule has 9 nitrogen and oxygen atoms in total. The van der Waals surface area contributed by atoms with E-state index in [-0.39, 0.29) is 39.3 Å². The summed E-state index contributed by atoms with van der Waals surface area (Å²) in [5.74, 6) is -1.50. The Bertz CT molecular complexity index is 931. The highest BCUT2D eigenvalue weighted by atomic mass is 35.5. The van der Waals surface area contributed by atoms with Crippen molar-refractivity contribution in [2.75, 3.05) is 25.1 Å². The molecule has 3 heterocycles. The normalized spacial score (nSPS) is 19.4. The van der Waals surface area contributed by atoms with Gasteiger partial charge in [-0.25, -0.2) is 9.78 Å². The number of aliphatic hydroxyl groups excluding tert-OH is 1. The number of carboxylic acid groups (broad SMARTS) is 1. The second-order valence-corrected chi connectivity index (χ2v) is 8.31. The zero-order valence-corrected chi connectivity index (χ0v) is 18.0. The SMILES string of the molecule is COC1CN(c2nc(CO)c(C(=O)O)s2)CCC1NC(=O)c1[nH]c(C)c(Cl)c1Cl. The second kappa shape index (κ2) is 8.88. The van der Waals surface area contributed by atoms with Crippen LogP contribution in [0.2, 0.25) is 10.0 Å². The second-order valence-electron chi connectivity index (χ2n) is 6.58. The van der Waals surface area contributed by atoms with Gasteiger partial charge >= 0.3 is 5.97 Å². The average molecular weight is 463 g/mol. The van der Waals surface area contributed by atoms with Crippen LogP contribution in [-0.4, -0.2) is 64.4 Å². The Labute approximate surface area is 180 Å². The van der Waals surface area contributed by atoms with Gasteiger partial charge in [-0.3, -0.25) is 4.79 Å². The third-order valence-corrected chi connectivity index (χ3v) is 6.85. The number of anilines is 1. The quantitative estimate of drug-likeness (QED) is 0.518. The van der Waals surface area contributed by atoms with E-state index in [4.69, 9.17) is 27.9 Å². The average Bonchev–Trinajstić information content (AvgIpc) is 3.25. The first kappa shape index (κ1) is 21.8. The number of hydrogen-bond donors (Lipinski definition) is 4. The number of carbonyl (C=O) groups excluding carboxylic acids is 1. The fourth-order valence-electron chi connectivity index (χ4n) is 3.21. The fourth-order valence-corrected chi connectivity index (χ4v) is 4.58. The van der Waals surface area contributed by atoms with E-state index in [2.05, 4.69) is 15.3 Å². The van der Waals surface area contributed by atoms with Gasteiger partial charge in [0.25, 0.3) is 5.91 Å². The molecule has 1 fully saturated rings. The van der Waals surface area contributed by atoms with Gasteiger partial charge in [0.15, 0.2) is 5.13 Å². The molecule has 1 aliphatic heterocycles. The van der Waals surface area contributed by atoms with E-state index in [1.807, 2.05) is 4.90 Å². The van der Waals surface area contributed by atoms with E-state index < -0.39 is 12.6 Å². The van der Waals surface area contributed by atoms with Gasteiger partial charge in [-0.2, -0.15) is 0 Å². The number of rotatable bonds is 6. The number of nitrogens with zero attached hydrogens (tertiary/aromatic N) is 2. The molecule has 2 atom stereocenters. The van der Waals surface area contributed by atoms with Gasteiger partial charge in [-0.15, -0.1) is 0 Å². The van der Waals surface area contributed by atoms with Crippen LogP contribution >= 0.6 is 34.5 Å². The Balaban J connectivity index is 1.72. The van der Waals surface area contributed by atoms with E-state index in [1.54, 1.807) is 14.0 Å². The van der Waals surface area contributed by atoms with Crippen molar-refractivity contribution in [3.8, 4) is 0 Å². The number of aromatic amines is 1. The molecule has 0 saturated carbocycles. The maximum absolute atomic E-state index is 12.6. The van der Waals surface area contributed by atoms with Gasteiger partial charge < -0.3 is 30.2 Å². The van der Waals surface area contributed by atoms with Crippen molar-refractivity contribution in [2.45, 2.75) is 32.1 Å². The maximum atomic E-state index is 12.6. The number of halogens is 2. The summed E-state index contributed by atoms with van der Waals surface area (Å²) in [6.07, 6.45) is 0.193. The minimum atomic E-state index is -1.12. The zero-order valence-electron chi connectivity index (χ0n) is 15.7. The van der Waals surface area contributed by atoms with Gasteiger partial charge in [-0.05, 0) is 13.3 Å². The van der Waals surface area contributed by atoms with Crippen molar-refractivity contribution < 1.29 is 24.5 Å². The Morgan fingerprint density at radius 2 is 2.14 bits per heavy atom. The molecule has 4 N–H and O–H groups in total. The summed E-state index contributed by atoms with van der Waals surface area (Å²) in [4.78, 5) is 32.9. The monoisotopic (exact) mass is 462 g/mol. The van der Waals surface area contributed by atoms with E-state index in [0.29, 0.717) is 35.4 Å². The molecule has 12 heteroatoms. The number of aryl methyl sites for hydroxylation is 1. The number of ether oxygens (including phenoxy) is 1. The lowest BCUT2D eigenvalue weighted by atomic mass is 10.0. The van der Waals surface area contributed by atoms with Crippen molar-refractivity contribution in [3.63, 3.8) is 0 Å². The number of piperidine rings is 1. The van der Waals surface area contributed by atoms with E-state index in [1.165, 1.54) is 0 Å².